The molecular weight excluding hydrogens is 175 g/mol. The summed E-state index contributed by atoms with van der Waals surface area (Å²) in [4.78, 5) is 0. The molecule has 10 heteroatoms. The lowest BCUT2D eigenvalue weighted by atomic mass is 13.0. The number of hydrogen-bond acceptors (Lipinski definition) is 2. The summed E-state index contributed by atoms with van der Waals surface area (Å²) >= 11 is 0. The van der Waals surface area contributed by atoms with Crippen LogP contribution >= 0.6 is 12.4 Å². The average molecular weight is 195 g/mol. The smallest absolute Gasteiger partial charge is 0.147 e. The molecule has 0 saturated heterocycles. The molecule has 0 radical (unpaired) electrons. The Morgan fingerprint density at radius 2 is 0.400 bits per heavy atom. The van der Waals surface area contributed by atoms with E-state index in [9.17, 15) is 0 Å². The number of nitrogens with two attached hydrogens (primary N) is 2. The van der Waals surface area contributed by atoms with Gasteiger partial charge in [-0.3, -0.25) is 11.7 Å². The standard InChI is InChI=1S/ClH.H4N2.7H2O/c;1-2;;;;;;;/h1H;1-2H2;7*1H2. The van der Waals surface area contributed by atoms with Gasteiger partial charge in [0.2, 0.25) is 0 Å². The lowest BCUT2D eigenvalue weighted by Crippen LogP contribution is -2.02. The zero-order chi connectivity index (χ0) is 2.00. The molecule has 18 N–H and O–H groups in total. The van der Waals surface area contributed by atoms with Crippen LogP contribution in [-0.4, -0.2) is 38.3 Å². The average Bonchev–Trinajstić information content (AvgIpc) is 1.00. The molecule has 10 heavy (non-hydrogen) atoms. The molecule has 0 heterocycles. The maximum absolute atomic E-state index is 4.00. The molecule has 0 aromatic heterocycles. The third kappa shape index (κ3) is 77700. The minimum absolute atomic E-state index is 0. The van der Waals surface area contributed by atoms with Crippen molar-refractivity contribution in [3.63, 3.8) is 0 Å². The summed E-state index contributed by atoms with van der Waals surface area (Å²) in [6.45, 7) is 0. The molecule has 0 unspecified atom stereocenters. The SMILES string of the molecule is Cl.NN.O.O.O.O.O.O.O. The van der Waals surface area contributed by atoms with Crippen LogP contribution in [0.15, 0.2) is 0 Å². The predicted octanol–water partition coefficient (Wildman–Crippen LogP) is -6.53. The Balaban J connectivity index is -0.000000000179. The first-order valence-electron chi connectivity index (χ1n) is 0.333. The minimum atomic E-state index is 0. The van der Waals surface area contributed by atoms with Crippen LogP contribution in [-0.2, 0) is 0 Å². The van der Waals surface area contributed by atoms with E-state index in [1.165, 1.54) is 0 Å². The maximum atomic E-state index is 4.00. The lowest BCUT2D eigenvalue weighted by molar-refractivity contribution is 0.823. The summed E-state index contributed by atoms with van der Waals surface area (Å²) in [7, 11) is 0. The van der Waals surface area contributed by atoms with Crippen molar-refractivity contribution in [1.29, 1.82) is 0 Å². The number of hydrazine groups is 1. The first-order valence-corrected chi connectivity index (χ1v) is 0.333. The van der Waals surface area contributed by atoms with Gasteiger partial charge in [0, 0.05) is 0 Å². The van der Waals surface area contributed by atoms with E-state index in [1.807, 2.05) is 0 Å². The number of halogens is 1. The van der Waals surface area contributed by atoms with Gasteiger partial charge < -0.3 is 38.3 Å². The Morgan fingerprint density at radius 1 is 0.400 bits per heavy atom. The second-order valence-electron chi connectivity index (χ2n) is 0. The van der Waals surface area contributed by atoms with Gasteiger partial charge in [-0.1, -0.05) is 0 Å². The van der Waals surface area contributed by atoms with Crippen LogP contribution in [0.3, 0.4) is 0 Å². The van der Waals surface area contributed by atoms with E-state index in [0.29, 0.717) is 0 Å². The number of rotatable bonds is 0. The molecule has 0 fully saturated rings. The molecule has 0 aliphatic rings. The molecular formula is H19ClN2O7. The van der Waals surface area contributed by atoms with Crippen molar-refractivity contribution in [2.24, 2.45) is 11.7 Å². The molecule has 0 saturated carbocycles. The van der Waals surface area contributed by atoms with E-state index in [0.717, 1.165) is 0 Å². The van der Waals surface area contributed by atoms with E-state index < -0.39 is 0 Å². The summed E-state index contributed by atoms with van der Waals surface area (Å²) in [5.41, 5.74) is 0. The molecule has 0 aliphatic heterocycles. The van der Waals surface area contributed by atoms with Crippen LogP contribution in [0.25, 0.3) is 0 Å². The van der Waals surface area contributed by atoms with Crippen molar-refractivity contribution >= 4 is 12.4 Å². The predicted molar refractivity (Wildman–Crippen MR) is 40.9 cm³/mol. The zero-order valence-electron chi connectivity index (χ0n) is 5.06. The first-order chi connectivity index (χ1) is 1.00. The molecule has 0 aromatic rings. The summed E-state index contributed by atoms with van der Waals surface area (Å²) in [5, 5.41) is 0. The Kier molecular flexibility index (Phi) is 10500000. The third-order valence-electron chi connectivity index (χ3n) is 0. The second-order valence-corrected chi connectivity index (χ2v) is 0. The zero-order valence-corrected chi connectivity index (χ0v) is 5.88. The van der Waals surface area contributed by atoms with Gasteiger partial charge in [0.15, 0.2) is 0 Å². The molecule has 0 amide bonds. The highest BCUT2D eigenvalue weighted by atomic mass is 35.5. The van der Waals surface area contributed by atoms with Gasteiger partial charge in [-0.25, -0.2) is 0 Å². The van der Waals surface area contributed by atoms with E-state index in [1.54, 1.807) is 0 Å². The largest absolute Gasteiger partial charge is 0.412 e. The first kappa shape index (κ1) is 916. The molecule has 0 atom stereocenters. The van der Waals surface area contributed by atoms with Gasteiger partial charge in [0.05, 0.1) is 0 Å². The fourth-order valence-electron chi connectivity index (χ4n) is 0. The third-order valence-corrected chi connectivity index (χ3v) is 0. The highest BCUT2D eigenvalue weighted by Crippen LogP contribution is 0.690. The lowest BCUT2D eigenvalue weighted by Gasteiger charge is -1.27. The van der Waals surface area contributed by atoms with Crippen LogP contribution in [0.4, 0.5) is 0 Å². The Bertz CT molecular complexity index is 11.6. The van der Waals surface area contributed by atoms with Crippen LogP contribution in [0.2, 0.25) is 0 Å². The maximum Gasteiger partial charge on any atom is -0.147 e. The van der Waals surface area contributed by atoms with E-state index in [-0.39, 0.29) is 50.7 Å². The fourth-order valence-corrected chi connectivity index (χ4v) is 0. The second kappa shape index (κ2) is 115000. The summed E-state index contributed by atoms with van der Waals surface area (Å²) in [6, 6.07) is 0. The Labute approximate surface area is 63.5 Å². The van der Waals surface area contributed by atoms with Crippen LogP contribution < -0.4 is 11.7 Å². The normalized spacial score (nSPS) is 0.600. The number of hydrogen-bond donors (Lipinski definition) is 2. The van der Waals surface area contributed by atoms with Gasteiger partial charge in [-0.05, 0) is 0 Å². The highest BCUT2D eigenvalue weighted by Gasteiger charge is 0.726. The van der Waals surface area contributed by atoms with Crippen molar-refractivity contribution in [3.8, 4) is 0 Å². The van der Waals surface area contributed by atoms with Crippen molar-refractivity contribution in [3.05, 3.63) is 0 Å². The molecule has 0 spiro atoms. The fraction of sp³-hybridized carbons (Fsp3) is 0. The summed E-state index contributed by atoms with van der Waals surface area (Å²) in [6.07, 6.45) is 0. The molecule has 78 valence electrons. The van der Waals surface area contributed by atoms with Crippen molar-refractivity contribution in [2.75, 3.05) is 0 Å². The monoisotopic (exact) mass is 194 g/mol. The van der Waals surface area contributed by atoms with Gasteiger partial charge >= 0.3 is 0 Å². The molecule has 0 bridgehead atoms. The van der Waals surface area contributed by atoms with Crippen molar-refractivity contribution in [2.45, 2.75) is 0 Å². The van der Waals surface area contributed by atoms with Gasteiger partial charge in [-0.15, -0.1) is 12.4 Å². The van der Waals surface area contributed by atoms with Gasteiger partial charge in [-0.2, -0.15) is 0 Å². The van der Waals surface area contributed by atoms with Crippen molar-refractivity contribution < 1.29 is 38.3 Å². The molecule has 9 nitrogen and oxygen atoms in total. The van der Waals surface area contributed by atoms with E-state index in [4.69, 9.17) is 0 Å². The Morgan fingerprint density at radius 3 is 0.400 bits per heavy atom. The summed E-state index contributed by atoms with van der Waals surface area (Å²) in [5.74, 6) is 8.00. The molecule has 0 aromatic carbocycles. The van der Waals surface area contributed by atoms with E-state index >= 15 is 0 Å². The summed E-state index contributed by atoms with van der Waals surface area (Å²) < 4.78 is 0. The van der Waals surface area contributed by atoms with E-state index in [2.05, 4.69) is 11.7 Å². The quantitative estimate of drug-likeness (QED) is 0.281. The topological polar surface area (TPSA) is 273 Å². The van der Waals surface area contributed by atoms with Crippen molar-refractivity contribution in [1.82, 2.24) is 0 Å². The Hall–Kier alpha value is -0.0700. The minimum Gasteiger partial charge on any atom is -0.412 e. The molecule has 0 rings (SSSR count). The van der Waals surface area contributed by atoms with Crippen LogP contribution in [0, 0.1) is 0 Å². The van der Waals surface area contributed by atoms with Gasteiger partial charge in [0.1, 0.15) is 0 Å². The highest BCUT2D eigenvalue weighted by molar-refractivity contribution is 5.85. The molecule has 0 aliphatic carbocycles. The van der Waals surface area contributed by atoms with Crippen LogP contribution in [0.5, 0.6) is 0 Å². The van der Waals surface area contributed by atoms with Gasteiger partial charge in [0.25, 0.3) is 0 Å². The van der Waals surface area contributed by atoms with Crippen LogP contribution in [0.1, 0.15) is 0 Å².